The van der Waals surface area contributed by atoms with Crippen molar-refractivity contribution in [2.45, 2.75) is 5.75 Å². The van der Waals surface area contributed by atoms with Crippen LogP contribution in [0.25, 0.3) is 0 Å². The number of hydrogen-bond acceptors (Lipinski definition) is 4. The van der Waals surface area contributed by atoms with Gasteiger partial charge in [0.1, 0.15) is 5.75 Å². The zero-order valence-electron chi connectivity index (χ0n) is 13.9. The second kappa shape index (κ2) is 7.98. The lowest BCUT2D eigenvalue weighted by molar-refractivity contribution is 0.275. The van der Waals surface area contributed by atoms with Gasteiger partial charge >= 0.3 is 0 Å². The lowest BCUT2D eigenvalue weighted by Gasteiger charge is -2.19. The van der Waals surface area contributed by atoms with Crippen molar-refractivity contribution in [3.8, 4) is 0 Å². The molecule has 0 fully saturated rings. The van der Waals surface area contributed by atoms with Crippen molar-refractivity contribution in [3.05, 3.63) is 96.6 Å². The summed E-state index contributed by atoms with van der Waals surface area (Å²) in [6.45, 7) is 0. The van der Waals surface area contributed by atoms with Gasteiger partial charge in [-0.15, -0.1) is 5.25 Å². The summed E-state index contributed by atoms with van der Waals surface area (Å²) in [5.74, 6) is -0.315. The SMILES string of the molecule is O=P(NOS(=O)(=O)Cc1ccccc1)(c1ccccc1)c1ccccc1. The lowest BCUT2D eigenvalue weighted by Crippen LogP contribution is -2.30. The molecule has 0 heterocycles. The second-order valence-corrected chi connectivity index (χ2v) is 9.65. The molecular weight excluding hydrogens is 369 g/mol. The molecule has 0 atom stereocenters. The lowest BCUT2D eigenvalue weighted by atomic mass is 10.2. The number of nitrogens with one attached hydrogen (secondary N) is 1. The minimum atomic E-state index is -3.97. The summed E-state index contributed by atoms with van der Waals surface area (Å²) in [5.41, 5.74) is 0.587. The third-order valence-electron chi connectivity index (χ3n) is 3.72. The first-order valence-corrected chi connectivity index (χ1v) is 11.2. The Morgan fingerprint density at radius 3 is 1.62 bits per heavy atom. The molecule has 0 saturated carbocycles. The maximum absolute atomic E-state index is 13.6. The summed E-state index contributed by atoms with van der Waals surface area (Å²) < 4.78 is 43.2. The van der Waals surface area contributed by atoms with Crippen LogP contribution >= 0.6 is 7.29 Å². The van der Waals surface area contributed by atoms with Crippen molar-refractivity contribution in [2.75, 3.05) is 0 Å². The second-order valence-electron chi connectivity index (χ2n) is 5.64. The minimum absolute atomic E-state index is 0.315. The average molecular weight is 387 g/mol. The molecule has 1 N–H and O–H groups in total. The maximum Gasteiger partial charge on any atom is 0.287 e. The first-order valence-electron chi connectivity index (χ1n) is 7.93. The Labute approximate surface area is 153 Å². The van der Waals surface area contributed by atoms with Crippen LogP contribution in [-0.4, -0.2) is 8.42 Å². The zero-order chi connectivity index (χ0) is 18.5. The highest BCUT2D eigenvalue weighted by atomic mass is 32.2. The molecule has 3 rings (SSSR count). The van der Waals surface area contributed by atoms with Gasteiger partial charge in [-0.2, -0.15) is 12.7 Å². The van der Waals surface area contributed by atoms with E-state index in [0.29, 0.717) is 16.2 Å². The van der Waals surface area contributed by atoms with E-state index in [4.69, 9.17) is 4.28 Å². The van der Waals surface area contributed by atoms with Crippen LogP contribution in [0.15, 0.2) is 91.0 Å². The molecule has 0 radical (unpaired) electrons. The average Bonchev–Trinajstić information content (AvgIpc) is 2.68. The summed E-state index contributed by atoms with van der Waals surface area (Å²) >= 11 is 0. The topological polar surface area (TPSA) is 72.5 Å². The van der Waals surface area contributed by atoms with Crippen LogP contribution in [0.5, 0.6) is 0 Å². The van der Waals surface area contributed by atoms with Gasteiger partial charge in [0.25, 0.3) is 10.1 Å². The van der Waals surface area contributed by atoms with Gasteiger partial charge in [0, 0.05) is 10.6 Å². The van der Waals surface area contributed by atoms with Gasteiger partial charge in [-0.1, -0.05) is 66.7 Å². The fraction of sp³-hybridized carbons (Fsp3) is 0.0526. The minimum Gasteiger partial charge on any atom is -0.294 e. The van der Waals surface area contributed by atoms with E-state index in [1.165, 1.54) is 0 Å². The quantitative estimate of drug-likeness (QED) is 0.499. The summed E-state index contributed by atoms with van der Waals surface area (Å²) in [4.78, 5) is 0. The molecule has 134 valence electrons. The van der Waals surface area contributed by atoms with E-state index < -0.39 is 17.4 Å². The van der Waals surface area contributed by atoms with Crippen molar-refractivity contribution in [2.24, 2.45) is 0 Å². The van der Waals surface area contributed by atoms with Crippen LogP contribution in [0.1, 0.15) is 5.56 Å². The van der Waals surface area contributed by atoms with Gasteiger partial charge in [0.05, 0.1) is 0 Å². The molecule has 0 aliphatic rings. The third kappa shape index (κ3) is 4.48. The van der Waals surface area contributed by atoms with Crippen LogP contribution < -0.4 is 15.9 Å². The van der Waals surface area contributed by atoms with Crippen molar-refractivity contribution < 1.29 is 17.3 Å². The molecule has 0 bridgehead atoms. The predicted molar refractivity (Wildman–Crippen MR) is 103 cm³/mol. The largest absolute Gasteiger partial charge is 0.294 e. The first kappa shape index (κ1) is 18.5. The van der Waals surface area contributed by atoms with Gasteiger partial charge in [-0.25, -0.2) is 0 Å². The van der Waals surface area contributed by atoms with E-state index in [0.717, 1.165) is 0 Å². The number of hydrogen-bond donors (Lipinski definition) is 1. The fourth-order valence-electron chi connectivity index (χ4n) is 2.45. The van der Waals surface area contributed by atoms with Gasteiger partial charge < -0.3 is 0 Å². The van der Waals surface area contributed by atoms with Gasteiger partial charge in [-0.3, -0.25) is 4.57 Å². The Kier molecular flexibility index (Phi) is 5.69. The van der Waals surface area contributed by atoms with E-state index in [1.54, 1.807) is 91.0 Å². The Morgan fingerprint density at radius 2 is 1.15 bits per heavy atom. The highest BCUT2D eigenvalue weighted by molar-refractivity contribution is 7.86. The molecule has 3 aromatic rings. The summed E-state index contributed by atoms with van der Waals surface area (Å²) in [6, 6.07) is 25.9. The number of benzene rings is 3. The third-order valence-corrected chi connectivity index (χ3v) is 7.27. The molecule has 0 saturated heterocycles. The molecule has 0 amide bonds. The molecule has 7 heteroatoms. The molecule has 0 aliphatic heterocycles. The van der Waals surface area contributed by atoms with Crippen LogP contribution in [0, 0.1) is 0 Å². The molecular formula is C19H18NO4PS. The van der Waals surface area contributed by atoms with E-state index in [-0.39, 0.29) is 5.75 Å². The molecule has 3 aromatic carbocycles. The summed E-state index contributed by atoms with van der Waals surface area (Å²) in [6.07, 6.45) is 0. The molecule has 0 aromatic heterocycles. The molecule has 5 nitrogen and oxygen atoms in total. The Bertz CT molecular complexity index is 950. The normalized spacial score (nSPS) is 12.0. The Balaban J connectivity index is 1.87. The first-order chi connectivity index (χ1) is 12.5. The van der Waals surface area contributed by atoms with Crippen LogP contribution in [0.2, 0.25) is 0 Å². The standard InChI is InChI=1S/C19H18NO4PS/c21-25(18-12-6-2-7-13-18,19-14-8-3-9-15-19)20-24-26(22,23)16-17-10-4-1-5-11-17/h1-15H,16H2,(H,20,21). The Morgan fingerprint density at radius 1 is 0.731 bits per heavy atom. The van der Waals surface area contributed by atoms with Crippen LogP contribution in [-0.2, 0) is 24.7 Å². The smallest absolute Gasteiger partial charge is 0.287 e. The van der Waals surface area contributed by atoms with Gasteiger partial charge in [0.2, 0.25) is 7.29 Å². The van der Waals surface area contributed by atoms with E-state index in [2.05, 4.69) is 5.25 Å². The van der Waals surface area contributed by atoms with Crippen molar-refractivity contribution in [1.82, 2.24) is 5.25 Å². The predicted octanol–water partition coefficient (Wildman–Crippen LogP) is 2.97. The summed E-state index contributed by atoms with van der Waals surface area (Å²) in [7, 11) is -7.44. The Hall–Kier alpha value is -2.24. The van der Waals surface area contributed by atoms with Gasteiger partial charge in [-0.05, 0) is 29.8 Å². The highest BCUT2D eigenvalue weighted by Crippen LogP contribution is 2.38. The van der Waals surface area contributed by atoms with Crippen molar-refractivity contribution >= 4 is 28.0 Å². The highest BCUT2D eigenvalue weighted by Gasteiger charge is 2.29. The van der Waals surface area contributed by atoms with E-state index >= 15 is 0 Å². The number of rotatable bonds is 7. The maximum atomic E-state index is 13.6. The molecule has 0 aliphatic carbocycles. The van der Waals surface area contributed by atoms with E-state index in [9.17, 15) is 13.0 Å². The van der Waals surface area contributed by atoms with Crippen molar-refractivity contribution in [1.29, 1.82) is 0 Å². The zero-order valence-corrected chi connectivity index (χ0v) is 15.6. The van der Waals surface area contributed by atoms with Gasteiger partial charge in [0.15, 0.2) is 0 Å². The fourth-order valence-corrected chi connectivity index (χ4v) is 5.67. The molecule has 26 heavy (non-hydrogen) atoms. The molecule has 0 unspecified atom stereocenters. The monoisotopic (exact) mass is 387 g/mol. The van der Waals surface area contributed by atoms with Crippen LogP contribution in [0.3, 0.4) is 0 Å². The molecule has 0 spiro atoms. The van der Waals surface area contributed by atoms with Crippen LogP contribution in [0.4, 0.5) is 0 Å². The van der Waals surface area contributed by atoms with E-state index in [1.807, 2.05) is 0 Å². The van der Waals surface area contributed by atoms with Crippen molar-refractivity contribution in [3.63, 3.8) is 0 Å². The summed E-state index contributed by atoms with van der Waals surface area (Å²) in [5, 5.41) is 3.28.